The van der Waals surface area contributed by atoms with E-state index in [2.05, 4.69) is 4.74 Å². The largest absolute Gasteiger partial charge is 0.458 e. The molecule has 0 aliphatic carbocycles. The zero-order valence-corrected chi connectivity index (χ0v) is 6.36. The molecule has 0 bridgehead atoms. The molecule has 2 N–H and O–H groups in total. The van der Waals surface area contributed by atoms with Crippen molar-refractivity contribution < 1.29 is 19.7 Å². The molecule has 1 heterocycles. The van der Waals surface area contributed by atoms with Crippen LogP contribution in [0, 0.1) is 5.92 Å². The van der Waals surface area contributed by atoms with Crippen molar-refractivity contribution in [3.8, 4) is 0 Å². The van der Waals surface area contributed by atoms with E-state index >= 15 is 0 Å². The first kappa shape index (κ1) is 8.49. The highest BCUT2D eigenvalue weighted by Crippen LogP contribution is 2.20. The Kier molecular flexibility index (Phi) is 2.46. The smallest absolute Gasteiger partial charge is 0.335 e. The third-order valence-electron chi connectivity index (χ3n) is 1.90. The predicted octanol–water partition coefficient (Wildman–Crippen LogP) is -0.709. The SMILES string of the molecule is C[C@@H]1C[C@H](CO)OC(=O)[C@H]1O. The third-order valence-corrected chi connectivity index (χ3v) is 1.90. The van der Waals surface area contributed by atoms with Gasteiger partial charge in [0.1, 0.15) is 6.10 Å². The Labute approximate surface area is 64.8 Å². The van der Waals surface area contributed by atoms with Crippen LogP contribution in [0.3, 0.4) is 0 Å². The van der Waals surface area contributed by atoms with E-state index < -0.39 is 18.2 Å². The van der Waals surface area contributed by atoms with Gasteiger partial charge in [-0.05, 0) is 12.3 Å². The van der Waals surface area contributed by atoms with E-state index in [-0.39, 0.29) is 12.5 Å². The summed E-state index contributed by atoms with van der Waals surface area (Å²) in [5, 5.41) is 17.8. The number of carbonyl (C=O) groups excluding carboxylic acids is 1. The van der Waals surface area contributed by atoms with Gasteiger partial charge in [0, 0.05) is 0 Å². The molecule has 1 aliphatic rings. The van der Waals surface area contributed by atoms with Crippen molar-refractivity contribution in [3.05, 3.63) is 0 Å². The number of carbonyl (C=O) groups is 1. The Bertz CT molecular complexity index is 157. The summed E-state index contributed by atoms with van der Waals surface area (Å²) in [6.07, 6.45) is -0.914. The van der Waals surface area contributed by atoms with Crippen LogP contribution in [0.25, 0.3) is 0 Å². The molecular weight excluding hydrogens is 148 g/mol. The van der Waals surface area contributed by atoms with Crippen LogP contribution < -0.4 is 0 Å². The van der Waals surface area contributed by atoms with E-state index in [4.69, 9.17) is 10.2 Å². The maximum absolute atomic E-state index is 10.8. The van der Waals surface area contributed by atoms with Crippen molar-refractivity contribution in [2.24, 2.45) is 5.92 Å². The summed E-state index contributed by atoms with van der Waals surface area (Å²) in [5.41, 5.74) is 0. The minimum atomic E-state index is -1.02. The summed E-state index contributed by atoms with van der Waals surface area (Å²) in [6, 6.07) is 0. The Balaban J connectivity index is 2.54. The molecule has 0 aromatic rings. The topological polar surface area (TPSA) is 66.8 Å². The highest BCUT2D eigenvalue weighted by Gasteiger charge is 2.33. The van der Waals surface area contributed by atoms with Crippen molar-refractivity contribution in [1.29, 1.82) is 0 Å². The average Bonchev–Trinajstić information content (AvgIpc) is 1.99. The van der Waals surface area contributed by atoms with E-state index in [1.807, 2.05) is 0 Å². The van der Waals surface area contributed by atoms with Crippen molar-refractivity contribution >= 4 is 5.97 Å². The average molecular weight is 160 g/mol. The molecule has 0 unspecified atom stereocenters. The highest BCUT2D eigenvalue weighted by atomic mass is 16.6. The maximum atomic E-state index is 10.8. The summed E-state index contributed by atoms with van der Waals surface area (Å²) in [6.45, 7) is 1.59. The lowest BCUT2D eigenvalue weighted by Crippen LogP contribution is -2.41. The van der Waals surface area contributed by atoms with Crippen LogP contribution in [-0.4, -0.2) is 35.0 Å². The lowest BCUT2D eigenvalue weighted by Gasteiger charge is -2.28. The van der Waals surface area contributed by atoms with Crippen molar-refractivity contribution in [2.45, 2.75) is 25.6 Å². The zero-order valence-electron chi connectivity index (χ0n) is 6.36. The van der Waals surface area contributed by atoms with Gasteiger partial charge >= 0.3 is 5.97 Å². The van der Waals surface area contributed by atoms with Crippen LogP contribution >= 0.6 is 0 Å². The van der Waals surface area contributed by atoms with Crippen LogP contribution in [0.5, 0.6) is 0 Å². The van der Waals surface area contributed by atoms with Gasteiger partial charge in [-0.2, -0.15) is 0 Å². The van der Waals surface area contributed by atoms with Gasteiger partial charge in [0.25, 0.3) is 0 Å². The molecule has 0 amide bonds. The van der Waals surface area contributed by atoms with Crippen LogP contribution in [0.2, 0.25) is 0 Å². The summed E-state index contributed by atoms with van der Waals surface area (Å²) in [5.74, 6) is -0.740. The van der Waals surface area contributed by atoms with E-state index in [1.165, 1.54) is 0 Å². The van der Waals surface area contributed by atoms with Gasteiger partial charge in [-0.3, -0.25) is 0 Å². The van der Waals surface area contributed by atoms with Crippen LogP contribution in [0.1, 0.15) is 13.3 Å². The zero-order chi connectivity index (χ0) is 8.43. The molecule has 1 aliphatic heterocycles. The van der Waals surface area contributed by atoms with Gasteiger partial charge < -0.3 is 14.9 Å². The quantitative estimate of drug-likeness (QED) is 0.497. The minimum Gasteiger partial charge on any atom is -0.458 e. The van der Waals surface area contributed by atoms with Gasteiger partial charge in [-0.25, -0.2) is 4.79 Å². The highest BCUT2D eigenvalue weighted by molar-refractivity contribution is 5.75. The first-order chi connectivity index (χ1) is 5.15. The van der Waals surface area contributed by atoms with Gasteiger partial charge in [0.15, 0.2) is 6.10 Å². The molecule has 0 aromatic carbocycles. The van der Waals surface area contributed by atoms with Gasteiger partial charge in [-0.1, -0.05) is 6.92 Å². The molecule has 1 fully saturated rings. The van der Waals surface area contributed by atoms with Crippen molar-refractivity contribution in [1.82, 2.24) is 0 Å². The number of hydrogen-bond acceptors (Lipinski definition) is 4. The fourth-order valence-electron chi connectivity index (χ4n) is 1.17. The second-order valence-corrected chi connectivity index (χ2v) is 2.90. The van der Waals surface area contributed by atoms with Crippen molar-refractivity contribution in [2.75, 3.05) is 6.61 Å². The van der Waals surface area contributed by atoms with E-state index in [0.29, 0.717) is 6.42 Å². The number of hydrogen-bond donors (Lipinski definition) is 2. The minimum absolute atomic E-state index is 0.117. The van der Waals surface area contributed by atoms with Gasteiger partial charge in [0.05, 0.1) is 6.61 Å². The Hall–Kier alpha value is -0.610. The summed E-state index contributed by atoms with van der Waals surface area (Å²) >= 11 is 0. The van der Waals surface area contributed by atoms with Crippen LogP contribution in [0.15, 0.2) is 0 Å². The molecular formula is C7H12O4. The molecule has 64 valence electrons. The molecule has 0 spiro atoms. The standard InChI is InChI=1S/C7H12O4/c1-4-2-5(3-8)11-7(10)6(4)9/h4-6,8-9H,2-3H2,1H3/t4-,5-,6+/m1/s1. The molecule has 11 heavy (non-hydrogen) atoms. The number of esters is 1. The lowest BCUT2D eigenvalue weighted by molar-refractivity contribution is -0.174. The molecule has 0 radical (unpaired) electrons. The Morgan fingerprint density at radius 1 is 1.73 bits per heavy atom. The van der Waals surface area contributed by atoms with Crippen LogP contribution in [-0.2, 0) is 9.53 Å². The van der Waals surface area contributed by atoms with E-state index in [1.54, 1.807) is 6.92 Å². The lowest BCUT2D eigenvalue weighted by atomic mass is 9.95. The fourth-order valence-corrected chi connectivity index (χ4v) is 1.17. The summed E-state index contributed by atoms with van der Waals surface area (Å²) in [7, 11) is 0. The molecule has 0 aromatic heterocycles. The molecule has 4 heteroatoms. The third kappa shape index (κ3) is 1.70. The second-order valence-electron chi connectivity index (χ2n) is 2.90. The Morgan fingerprint density at radius 3 is 2.82 bits per heavy atom. The maximum Gasteiger partial charge on any atom is 0.335 e. The summed E-state index contributed by atoms with van der Waals surface area (Å²) in [4.78, 5) is 10.8. The van der Waals surface area contributed by atoms with E-state index in [0.717, 1.165) is 0 Å². The summed E-state index contributed by atoms with van der Waals surface area (Å²) < 4.78 is 4.68. The number of ether oxygens (including phenoxy) is 1. The fraction of sp³-hybridized carbons (Fsp3) is 0.857. The Morgan fingerprint density at radius 2 is 2.36 bits per heavy atom. The molecule has 1 saturated heterocycles. The predicted molar refractivity (Wildman–Crippen MR) is 36.8 cm³/mol. The second kappa shape index (κ2) is 3.19. The number of aliphatic hydroxyl groups is 2. The van der Waals surface area contributed by atoms with E-state index in [9.17, 15) is 4.79 Å². The number of aliphatic hydroxyl groups excluding tert-OH is 2. The van der Waals surface area contributed by atoms with Gasteiger partial charge in [0.2, 0.25) is 0 Å². The normalized spacial score (nSPS) is 38.5. The first-order valence-corrected chi connectivity index (χ1v) is 3.64. The van der Waals surface area contributed by atoms with Crippen LogP contribution in [0.4, 0.5) is 0 Å². The van der Waals surface area contributed by atoms with Crippen molar-refractivity contribution in [3.63, 3.8) is 0 Å². The number of rotatable bonds is 1. The van der Waals surface area contributed by atoms with Gasteiger partial charge in [-0.15, -0.1) is 0 Å². The molecule has 0 saturated carbocycles. The number of cyclic esters (lactones) is 1. The monoisotopic (exact) mass is 160 g/mol. The molecule has 1 rings (SSSR count). The molecule has 3 atom stereocenters. The first-order valence-electron chi connectivity index (χ1n) is 3.64. The molecule has 4 nitrogen and oxygen atoms in total.